The Morgan fingerprint density at radius 3 is 2.40 bits per heavy atom. The van der Waals surface area contributed by atoms with Crippen molar-refractivity contribution in [3.8, 4) is 0 Å². The molecule has 0 aliphatic rings. The third-order valence-corrected chi connectivity index (χ3v) is 5.29. The zero-order chi connectivity index (χ0) is 14.8. The Morgan fingerprint density at radius 2 is 1.80 bits per heavy atom. The van der Waals surface area contributed by atoms with Gasteiger partial charge in [-0.25, -0.2) is 12.8 Å². The van der Waals surface area contributed by atoms with E-state index >= 15 is 0 Å². The maximum absolute atomic E-state index is 13.5. The smallest absolute Gasteiger partial charge is 0.207 e. The monoisotopic (exact) mass is 357 g/mol. The molecule has 0 saturated heterocycles. The Labute approximate surface area is 126 Å². The number of benzene rings is 2. The van der Waals surface area contributed by atoms with Crippen molar-refractivity contribution in [2.75, 3.05) is 7.05 Å². The first-order valence-electron chi connectivity index (χ1n) is 5.86. The molecule has 0 amide bonds. The molecule has 0 atom stereocenters. The summed E-state index contributed by atoms with van der Waals surface area (Å²) < 4.78 is 39.6. The lowest BCUT2D eigenvalue weighted by molar-refractivity contribution is 0.466. The van der Waals surface area contributed by atoms with Gasteiger partial charge >= 0.3 is 0 Å². The molecule has 3 nitrogen and oxygen atoms in total. The highest BCUT2D eigenvalue weighted by Crippen LogP contribution is 2.22. The molecule has 0 aliphatic heterocycles. The first-order valence-corrected chi connectivity index (χ1v) is 8.10. The lowest BCUT2D eigenvalue weighted by Crippen LogP contribution is -2.26. The zero-order valence-corrected chi connectivity index (χ0v) is 13.2. The van der Waals surface area contributed by atoms with E-state index in [1.165, 1.54) is 23.5 Å². The Morgan fingerprint density at radius 1 is 1.15 bits per heavy atom. The van der Waals surface area contributed by atoms with Crippen LogP contribution in [0.3, 0.4) is 0 Å². The molecule has 0 spiro atoms. The van der Waals surface area contributed by atoms with Crippen molar-refractivity contribution in [3.63, 3.8) is 0 Å². The van der Waals surface area contributed by atoms with Crippen LogP contribution < -0.4 is 0 Å². The topological polar surface area (TPSA) is 37.4 Å². The summed E-state index contributed by atoms with van der Waals surface area (Å²) in [7, 11) is -2.23. The van der Waals surface area contributed by atoms with Gasteiger partial charge in [0.05, 0.1) is 9.37 Å². The van der Waals surface area contributed by atoms with Crippen molar-refractivity contribution in [1.82, 2.24) is 4.31 Å². The maximum Gasteiger partial charge on any atom is 0.243 e. The van der Waals surface area contributed by atoms with Crippen LogP contribution in [-0.4, -0.2) is 19.8 Å². The average molecular weight is 358 g/mol. The lowest BCUT2D eigenvalue weighted by Gasteiger charge is -2.17. The molecular weight excluding hydrogens is 345 g/mol. The molecule has 2 aromatic carbocycles. The third kappa shape index (κ3) is 3.26. The van der Waals surface area contributed by atoms with E-state index in [1.54, 1.807) is 0 Å². The normalized spacial score (nSPS) is 11.8. The second kappa shape index (κ2) is 6.03. The molecule has 2 aromatic rings. The van der Waals surface area contributed by atoms with Crippen molar-refractivity contribution in [1.29, 1.82) is 0 Å². The second-order valence-electron chi connectivity index (χ2n) is 4.32. The van der Waals surface area contributed by atoms with Crippen LogP contribution in [0.2, 0.25) is 0 Å². The second-order valence-corrected chi connectivity index (χ2v) is 7.22. The average Bonchev–Trinajstić information content (AvgIpc) is 2.42. The van der Waals surface area contributed by atoms with E-state index in [-0.39, 0.29) is 15.9 Å². The third-order valence-electron chi connectivity index (χ3n) is 2.85. The van der Waals surface area contributed by atoms with Gasteiger partial charge in [0.25, 0.3) is 0 Å². The van der Waals surface area contributed by atoms with Gasteiger partial charge in [0.1, 0.15) is 5.82 Å². The van der Waals surface area contributed by atoms with Crippen LogP contribution in [-0.2, 0) is 16.6 Å². The molecule has 0 unspecified atom stereocenters. The van der Waals surface area contributed by atoms with Gasteiger partial charge in [-0.2, -0.15) is 4.31 Å². The van der Waals surface area contributed by atoms with Crippen LogP contribution in [0, 0.1) is 5.82 Å². The van der Waals surface area contributed by atoms with Crippen LogP contribution in [0.5, 0.6) is 0 Å². The molecule has 0 fully saturated rings. The highest BCUT2D eigenvalue weighted by molar-refractivity contribution is 9.10. The van der Waals surface area contributed by atoms with Gasteiger partial charge in [0, 0.05) is 13.6 Å². The first-order chi connectivity index (χ1) is 9.41. The molecule has 0 saturated carbocycles. The number of halogens is 2. The van der Waals surface area contributed by atoms with Crippen LogP contribution in [0.1, 0.15) is 5.56 Å². The van der Waals surface area contributed by atoms with E-state index < -0.39 is 15.8 Å². The standard InChI is InChI=1S/C14H13BrFNO2S/c1-17(10-11-5-3-2-4-6-11)20(18,19)12-7-8-13(15)14(16)9-12/h2-9H,10H2,1H3. The molecule has 0 heterocycles. The largest absolute Gasteiger partial charge is 0.243 e. The van der Waals surface area contributed by atoms with Crippen molar-refractivity contribution in [2.24, 2.45) is 0 Å². The summed E-state index contributed by atoms with van der Waals surface area (Å²) >= 11 is 3.00. The van der Waals surface area contributed by atoms with Crippen molar-refractivity contribution < 1.29 is 12.8 Å². The lowest BCUT2D eigenvalue weighted by atomic mass is 10.2. The van der Waals surface area contributed by atoms with E-state index in [0.717, 1.165) is 11.6 Å². The summed E-state index contributed by atoms with van der Waals surface area (Å²) in [5, 5.41) is 0. The van der Waals surface area contributed by atoms with Crippen LogP contribution in [0.15, 0.2) is 57.9 Å². The van der Waals surface area contributed by atoms with Crippen molar-refractivity contribution in [3.05, 3.63) is 64.4 Å². The molecule has 0 N–H and O–H groups in total. The van der Waals surface area contributed by atoms with E-state index in [2.05, 4.69) is 15.9 Å². The van der Waals surface area contributed by atoms with Gasteiger partial charge in [-0.1, -0.05) is 30.3 Å². The van der Waals surface area contributed by atoms with Gasteiger partial charge in [-0.05, 0) is 39.7 Å². The van der Waals surface area contributed by atoms with Crippen LogP contribution >= 0.6 is 15.9 Å². The molecule has 106 valence electrons. The zero-order valence-electron chi connectivity index (χ0n) is 10.8. The highest BCUT2D eigenvalue weighted by atomic mass is 79.9. The fourth-order valence-corrected chi connectivity index (χ4v) is 3.16. The Bertz CT molecular complexity index is 704. The van der Waals surface area contributed by atoms with Crippen LogP contribution in [0.4, 0.5) is 4.39 Å². The molecule has 2 rings (SSSR count). The molecule has 20 heavy (non-hydrogen) atoms. The number of rotatable bonds is 4. The molecule has 0 aliphatic carbocycles. The summed E-state index contributed by atoms with van der Waals surface area (Å²) in [5.74, 6) is -0.598. The summed E-state index contributed by atoms with van der Waals surface area (Å²) in [6, 6.07) is 13.0. The molecule has 0 radical (unpaired) electrons. The first kappa shape index (κ1) is 15.2. The van der Waals surface area contributed by atoms with Gasteiger partial charge in [0.2, 0.25) is 10.0 Å². The predicted molar refractivity (Wildman–Crippen MR) is 79.2 cm³/mol. The van der Waals surface area contributed by atoms with Gasteiger partial charge in [-0.15, -0.1) is 0 Å². The minimum absolute atomic E-state index is 0.0587. The van der Waals surface area contributed by atoms with Gasteiger partial charge < -0.3 is 0 Å². The maximum atomic E-state index is 13.5. The van der Waals surface area contributed by atoms with Crippen molar-refractivity contribution in [2.45, 2.75) is 11.4 Å². The van der Waals surface area contributed by atoms with E-state index in [1.807, 2.05) is 30.3 Å². The fraction of sp³-hybridized carbons (Fsp3) is 0.143. The highest BCUT2D eigenvalue weighted by Gasteiger charge is 2.21. The summed E-state index contributed by atoms with van der Waals surface area (Å²) in [6.45, 7) is 0.237. The molecule has 0 bridgehead atoms. The van der Waals surface area contributed by atoms with Gasteiger partial charge in [0.15, 0.2) is 0 Å². The van der Waals surface area contributed by atoms with E-state index in [4.69, 9.17) is 0 Å². The summed E-state index contributed by atoms with van der Waals surface area (Å²) in [6.07, 6.45) is 0. The summed E-state index contributed by atoms with van der Waals surface area (Å²) in [5.41, 5.74) is 0.871. The molecule has 0 aromatic heterocycles. The number of sulfonamides is 1. The Balaban J connectivity index is 2.27. The number of hydrogen-bond donors (Lipinski definition) is 0. The van der Waals surface area contributed by atoms with E-state index in [0.29, 0.717) is 0 Å². The van der Waals surface area contributed by atoms with Gasteiger partial charge in [-0.3, -0.25) is 0 Å². The van der Waals surface area contributed by atoms with E-state index in [9.17, 15) is 12.8 Å². The Kier molecular flexibility index (Phi) is 4.57. The molecule has 6 heteroatoms. The SMILES string of the molecule is CN(Cc1ccccc1)S(=O)(=O)c1ccc(Br)c(F)c1. The molecular formula is C14H13BrFNO2S. The Hall–Kier alpha value is -1.24. The minimum atomic E-state index is -3.70. The van der Waals surface area contributed by atoms with Crippen LogP contribution in [0.25, 0.3) is 0 Å². The predicted octanol–water partition coefficient (Wildman–Crippen LogP) is 3.41. The quantitative estimate of drug-likeness (QED) is 0.840. The minimum Gasteiger partial charge on any atom is -0.207 e. The number of hydrogen-bond acceptors (Lipinski definition) is 2. The summed E-state index contributed by atoms with van der Waals surface area (Å²) in [4.78, 5) is -0.0587. The number of nitrogens with zero attached hydrogens (tertiary/aromatic N) is 1. The van der Waals surface area contributed by atoms with Crippen molar-refractivity contribution >= 4 is 26.0 Å². The fourth-order valence-electron chi connectivity index (χ4n) is 1.74.